The number of aliphatic hydroxyl groups is 1. The van der Waals surface area contributed by atoms with Gasteiger partial charge in [0.05, 0.1) is 12.6 Å². The van der Waals surface area contributed by atoms with Crippen molar-refractivity contribution in [1.29, 1.82) is 0 Å². The molecule has 0 saturated heterocycles. The number of pyridine rings is 1. The molecule has 0 radical (unpaired) electrons. The molecule has 4 rings (SSSR count). The van der Waals surface area contributed by atoms with Crippen molar-refractivity contribution in [2.24, 2.45) is 0 Å². The summed E-state index contributed by atoms with van der Waals surface area (Å²) in [6, 6.07) is 10.4. The van der Waals surface area contributed by atoms with E-state index in [0.717, 1.165) is 41.2 Å². The van der Waals surface area contributed by atoms with E-state index in [1.54, 1.807) is 6.20 Å². The van der Waals surface area contributed by atoms with Crippen molar-refractivity contribution in [2.45, 2.75) is 45.4 Å². The lowest BCUT2D eigenvalue weighted by Gasteiger charge is -2.34. The molecular weight excluding hydrogens is 358 g/mol. The molecule has 1 aliphatic heterocycles. The van der Waals surface area contributed by atoms with Crippen LogP contribution in [0.5, 0.6) is 0 Å². The number of benzene rings is 1. The number of aromatic nitrogens is 2. The normalized spacial score (nSPS) is 18.6. The Morgan fingerprint density at radius 1 is 1.30 bits per heavy atom. The quantitative estimate of drug-likeness (QED) is 0.711. The average molecular weight is 384 g/mol. The van der Waals surface area contributed by atoms with Crippen molar-refractivity contribution in [1.82, 2.24) is 14.5 Å². The monoisotopic (exact) mass is 383 g/mol. The summed E-state index contributed by atoms with van der Waals surface area (Å²) in [6.07, 6.45) is 3.22. The third-order valence-electron chi connectivity index (χ3n) is 5.80. The Morgan fingerprint density at radius 3 is 2.81 bits per heavy atom. The van der Waals surface area contributed by atoms with Crippen LogP contribution in [0.2, 0.25) is 5.02 Å². The number of hydrogen-bond acceptors (Lipinski definition) is 3. The summed E-state index contributed by atoms with van der Waals surface area (Å²) in [7, 11) is 2.19. The lowest BCUT2D eigenvalue weighted by Crippen LogP contribution is -2.33. The van der Waals surface area contributed by atoms with Gasteiger partial charge in [-0.2, -0.15) is 0 Å². The lowest BCUT2D eigenvalue weighted by atomic mass is 9.96. The molecule has 0 amide bonds. The summed E-state index contributed by atoms with van der Waals surface area (Å²) in [5, 5.41) is 12.9. The van der Waals surface area contributed by atoms with E-state index in [4.69, 9.17) is 11.6 Å². The molecule has 0 saturated carbocycles. The number of nitrogens with zero attached hydrogens (tertiary/aromatic N) is 3. The summed E-state index contributed by atoms with van der Waals surface area (Å²) in [5.41, 5.74) is 5.66. The maximum Gasteiger partial charge on any atom is 0.0983 e. The Balaban J connectivity index is 1.83. The third-order valence-corrected chi connectivity index (χ3v) is 6.03. The molecule has 3 aromatic rings. The van der Waals surface area contributed by atoms with Crippen molar-refractivity contribution < 1.29 is 5.11 Å². The van der Waals surface area contributed by atoms with Gasteiger partial charge in [-0.1, -0.05) is 24.6 Å². The van der Waals surface area contributed by atoms with E-state index in [0.29, 0.717) is 12.6 Å². The molecular formula is C22H26ClN3O. The zero-order valence-electron chi connectivity index (χ0n) is 16.1. The van der Waals surface area contributed by atoms with Gasteiger partial charge in [-0.15, -0.1) is 0 Å². The fourth-order valence-corrected chi connectivity index (χ4v) is 4.54. The zero-order chi connectivity index (χ0) is 19.1. The number of aliphatic hydroxyl groups excluding tert-OH is 1. The first kappa shape index (κ1) is 18.5. The SMILES string of the molecule is CCC1c2c(c3cc(Cl)ccc3n2CC(O)c2ccc(C)nc2)CCN1C. The van der Waals surface area contributed by atoms with E-state index < -0.39 is 6.10 Å². The Bertz CT molecular complexity index is 964. The van der Waals surface area contributed by atoms with Crippen LogP contribution in [0.4, 0.5) is 0 Å². The van der Waals surface area contributed by atoms with Gasteiger partial charge in [0.1, 0.15) is 0 Å². The molecule has 2 aromatic heterocycles. The van der Waals surface area contributed by atoms with E-state index in [2.05, 4.69) is 40.6 Å². The Labute approximate surface area is 165 Å². The largest absolute Gasteiger partial charge is 0.386 e. The van der Waals surface area contributed by atoms with Gasteiger partial charge in [-0.3, -0.25) is 9.88 Å². The number of likely N-dealkylation sites (N-methyl/N-ethyl adjacent to an activating group) is 1. The molecule has 27 heavy (non-hydrogen) atoms. The van der Waals surface area contributed by atoms with E-state index in [-0.39, 0.29) is 0 Å². The predicted octanol–water partition coefficient (Wildman–Crippen LogP) is 4.67. The molecule has 142 valence electrons. The smallest absolute Gasteiger partial charge is 0.0983 e. The van der Waals surface area contributed by atoms with Crippen LogP contribution in [0, 0.1) is 6.92 Å². The zero-order valence-corrected chi connectivity index (χ0v) is 16.9. The van der Waals surface area contributed by atoms with Crippen molar-refractivity contribution in [3.63, 3.8) is 0 Å². The highest BCUT2D eigenvalue weighted by Crippen LogP contribution is 2.39. The van der Waals surface area contributed by atoms with Crippen molar-refractivity contribution in [2.75, 3.05) is 13.6 Å². The molecule has 4 nitrogen and oxygen atoms in total. The van der Waals surface area contributed by atoms with E-state index >= 15 is 0 Å². The van der Waals surface area contributed by atoms with Gasteiger partial charge in [0.25, 0.3) is 0 Å². The van der Waals surface area contributed by atoms with Crippen LogP contribution >= 0.6 is 11.6 Å². The second kappa shape index (κ2) is 7.27. The third kappa shape index (κ3) is 3.27. The molecule has 3 heterocycles. The van der Waals surface area contributed by atoms with Crippen LogP contribution in [-0.4, -0.2) is 33.1 Å². The second-order valence-corrected chi connectivity index (χ2v) is 7.98. The highest BCUT2D eigenvalue weighted by molar-refractivity contribution is 6.31. The van der Waals surface area contributed by atoms with Crippen LogP contribution in [-0.2, 0) is 13.0 Å². The maximum absolute atomic E-state index is 10.9. The van der Waals surface area contributed by atoms with E-state index in [1.807, 2.05) is 25.1 Å². The Kier molecular flexibility index (Phi) is 4.97. The molecule has 0 bridgehead atoms. The molecule has 0 aliphatic carbocycles. The van der Waals surface area contributed by atoms with Crippen LogP contribution in [0.3, 0.4) is 0 Å². The highest BCUT2D eigenvalue weighted by atomic mass is 35.5. The van der Waals surface area contributed by atoms with Gasteiger partial charge in [-0.05, 0) is 56.6 Å². The minimum Gasteiger partial charge on any atom is -0.386 e. The van der Waals surface area contributed by atoms with Crippen molar-refractivity contribution in [3.05, 3.63) is 64.1 Å². The number of hydrogen-bond donors (Lipinski definition) is 1. The first-order valence-electron chi connectivity index (χ1n) is 9.61. The number of fused-ring (bicyclic) bond motifs is 3. The summed E-state index contributed by atoms with van der Waals surface area (Å²) in [5.74, 6) is 0. The second-order valence-electron chi connectivity index (χ2n) is 7.54. The van der Waals surface area contributed by atoms with Crippen molar-refractivity contribution in [3.8, 4) is 0 Å². The molecule has 2 atom stereocenters. The summed E-state index contributed by atoms with van der Waals surface area (Å²) < 4.78 is 2.30. The van der Waals surface area contributed by atoms with Gasteiger partial charge in [-0.25, -0.2) is 0 Å². The molecule has 0 spiro atoms. The van der Waals surface area contributed by atoms with Crippen molar-refractivity contribution >= 4 is 22.5 Å². The van der Waals surface area contributed by atoms with Gasteiger partial charge >= 0.3 is 0 Å². The summed E-state index contributed by atoms with van der Waals surface area (Å²) in [6.45, 7) is 5.74. The molecule has 2 unspecified atom stereocenters. The fraction of sp³-hybridized carbons (Fsp3) is 0.409. The predicted molar refractivity (Wildman–Crippen MR) is 110 cm³/mol. The molecule has 1 N–H and O–H groups in total. The number of halogens is 1. The van der Waals surface area contributed by atoms with Crippen LogP contribution < -0.4 is 0 Å². The summed E-state index contributed by atoms with van der Waals surface area (Å²) in [4.78, 5) is 6.75. The molecule has 0 fully saturated rings. The fourth-order valence-electron chi connectivity index (χ4n) is 4.37. The molecule has 1 aromatic carbocycles. The van der Waals surface area contributed by atoms with Gasteiger partial charge in [0.2, 0.25) is 0 Å². The standard InChI is InChI=1S/C22H26ClN3O/c1-4-19-22-17(9-10-25(19)3)18-11-16(23)7-8-20(18)26(22)13-21(27)15-6-5-14(2)24-12-15/h5-8,11-12,19,21,27H,4,9-10,13H2,1-3H3. The maximum atomic E-state index is 10.9. The minimum absolute atomic E-state index is 0.350. The van der Waals surface area contributed by atoms with Crippen LogP contribution in [0.15, 0.2) is 36.5 Å². The Hall–Kier alpha value is -1.88. The molecule has 1 aliphatic rings. The van der Waals surface area contributed by atoms with E-state index in [1.165, 1.54) is 16.6 Å². The number of aryl methyl sites for hydroxylation is 1. The topological polar surface area (TPSA) is 41.3 Å². The lowest BCUT2D eigenvalue weighted by molar-refractivity contribution is 0.150. The Morgan fingerprint density at radius 2 is 2.11 bits per heavy atom. The van der Waals surface area contributed by atoms with Crippen LogP contribution in [0.25, 0.3) is 10.9 Å². The van der Waals surface area contributed by atoms with Gasteiger partial charge < -0.3 is 9.67 Å². The van der Waals surface area contributed by atoms with Gasteiger partial charge in [0, 0.05) is 51.7 Å². The molecule has 5 heteroatoms. The number of rotatable bonds is 4. The minimum atomic E-state index is -0.599. The van der Waals surface area contributed by atoms with Crippen LogP contribution in [0.1, 0.15) is 48.0 Å². The summed E-state index contributed by atoms with van der Waals surface area (Å²) >= 11 is 6.31. The van der Waals surface area contributed by atoms with Gasteiger partial charge in [0.15, 0.2) is 0 Å². The first-order chi connectivity index (χ1) is 13.0. The average Bonchev–Trinajstić information content (AvgIpc) is 2.95. The highest BCUT2D eigenvalue weighted by Gasteiger charge is 2.30. The van der Waals surface area contributed by atoms with E-state index in [9.17, 15) is 5.11 Å². The first-order valence-corrected chi connectivity index (χ1v) is 9.98.